The van der Waals surface area contributed by atoms with Crippen molar-refractivity contribution in [2.24, 2.45) is 0 Å². The summed E-state index contributed by atoms with van der Waals surface area (Å²) in [6.07, 6.45) is 6.70. The minimum absolute atomic E-state index is 0.0556. The molecule has 39 heavy (non-hydrogen) atoms. The molecule has 1 N–H and O–H groups in total. The average molecular weight is 597 g/mol. The van der Waals surface area contributed by atoms with Crippen molar-refractivity contribution in [1.29, 1.82) is 0 Å². The fourth-order valence-corrected chi connectivity index (χ4v) is 6.53. The van der Waals surface area contributed by atoms with E-state index in [1.54, 1.807) is 31.2 Å². The van der Waals surface area contributed by atoms with Gasteiger partial charge in [-0.2, -0.15) is 0 Å². The highest BCUT2D eigenvalue weighted by molar-refractivity contribution is 7.92. The van der Waals surface area contributed by atoms with Gasteiger partial charge in [-0.1, -0.05) is 60.7 Å². The lowest BCUT2D eigenvalue weighted by atomic mass is 9.95. The van der Waals surface area contributed by atoms with Crippen LogP contribution >= 0.6 is 23.2 Å². The van der Waals surface area contributed by atoms with Crippen LogP contribution in [0.2, 0.25) is 10.0 Å². The molecule has 10 heteroatoms. The summed E-state index contributed by atoms with van der Waals surface area (Å²) in [7, 11) is -3.57. The molecule has 0 saturated heterocycles. The molecule has 214 valence electrons. The van der Waals surface area contributed by atoms with Crippen LogP contribution in [0.1, 0.15) is 68.6 Å². The molecule has 2 amide bonds. The summed E-state index contributed by atoms with van der Waals surface area (Å²) in [5, 5.41) is 3.94. The van der Waals surface area contributed by atoms with E-state index < -0.39 is 16.1 Å². The zero-order chi connectivity index (χ0) is 28.7. The molecule has 1 saturated carbocycles. The van der Waals surface area contributed by atoms with Gasteiger partial charge in [-0.25, -0.2) is 8.42 Å². The van der Waals surface area contributed by atoms with E-state index in [1.807, 2.05) is 26.0 Å². The van der Waals surface area contributed by atoms with E-state index in [-0.39, 0.29) is 43.8 Å². The topological polar surface area (TPSA) is 86.8 Å². The van der Waals surface area contributed by atoms with E-state index in [0.717, 1.165) is 36.8 Å². The van der Waals surface area contributed by atoms with E-state index >= 15 is 0 Å². The normalized spacial score (nSPS) is 15.0. The number of rotatable bonds is 11. The molecule has 1 aliphatic rings. The molecule has 3 rings (SSSR count). The number of nitrogens with zero attached hydrogens (tertiary/aromatic N) is 2. The van der Waals surface area contributed by atoms with Crippen molar-refractivity contribution in [2.45, 2.75) is 84.3 Å². The van der Waals surface area contributed by atoms with E-state index in [0.29, 0.717) is 21.3 Å². The first kappa shape index (κ1) is 31.2. The Morgan fingerprint density at radius 3 is 2.26 bits per heavy atom. The summed E-state index contributed by atoms with van der Waals surface area (Å²) >= 11 is 12.8. The van der Waals surface area contributed by atoms with E-state index in [9.17, 15) is 18.0 Å². The summed E-state index contributed by atoms with van der Waals surface area (Å²) in [6.45, 7) is 5.73. The van der Waals surface area contributed by atoms with E-state index in [1.165, 1.54) is 21.9 Å². The average Bonchev–Trinajstić information content (AvgIpc) is 2.88. The van der Waals surface area contributed by atoms with Crippen LogP contribution in [0.4, 0.5) is 5.69 Å². The van der Waals surface area contributed by atoms with Crippen molar-refractivity contribution in [3.8, 4) is 0 Å². The Hall–Kier alpha value is -2.29. The third kappa shape index (κ3) is 8.35. The lowest BCUT2D eigenvalue weighted by Crippen LogP contribution is -2.50. The van der Waals surface area contributed by atoms with Crippen LogP contribution in [0, 0.1) is 13.8 Å². The fraction of sp³-hybridized carbons (Fsp3) is 0.517. The van der Waals surface area contributed by atoms with Gasteiger partial charge in [0.15, 0.2) is 0 Å². The molecular weight excluding hydrogens is 557 g/mol. The Balaban J connectivity index is 1.78. The Bertz CT molecular complexity index is 1260. The van der Waals surface area contributed by atoms with Crippen LogP contribution in [-0.2, 0) is 26.2 Å². The molecule has 0 heterocycles. The van der Waals surface area contributed by atoms with Crippen molar-refractivity contribution < 1.29 is 18.0 Å². The molecule has 2 aromatic carbocycles. The van der Waals surface area contributed by atoms with Gasteiger partial charge in [0.2, 0.25) is 21.8 Å². The molecule has 7 nitrogen and oxygen atoms in total. The summed E-state index contributed by atoms with van der Waals surface area (Å²) in [5.74, 6) is -0.488. The molecule has 1 atom stereocenters. The number of benzene rings is 2. The quantitative estimate of drug-likeness (QED) is 0.344. The van der Waals surface area contributed by atoms with E-state index in [2.05, 4.69) is 5.32 Å². The molecule has 0 aromatic heterocycles. The summed E-state index contributed by atoms with van der Waals surface area (Å²) in [4.78, 5) is 28.3. The van der Waals surface area contributed by atoms with Crippen LogP contribution in [0.15, 0.2) is 36.4 Å². The third-order valence-electron chi connectivity index (χ3n) is 7.51. The van der Waals surface area contributed by atoms with Crippen LogP contribution in [0.3, 0.4) is 0 Å². The minimum Gasteiger partial charge on any atom is -0.352 e. The highest BCUT2D eigenvalue weighted by Gasteiger charge is 2.29. The zero-order valence-electron chi connectivity index (χ0n) is 23.2. The van der Waals surface area contributed by atoms with Gasteiger partial charge in [0.1, 0.15) is 6.04 Å². The predicted molar refractivity (Wildman–Crippen MR) is 159 cm³/mol. The number of anilines is 1. The largest absolute Gasteiger partial charge is 0.352 e. The molecule has 0 radical (unpaired) electrons. The number of amides is 2. The zero-order valence-corrected chi connectivity index (χ0v) is 25.5. The Labute approximate surface area is 242 Å². The summed E-state index contributed by atoms with van der Waals surface area (Å²) in [5.41, 5.74) is 3.03. The van der Waals surface area contributed by atoms with Gasteiger partial charge < -0.3 is 10.2 Å². The number of carbonyl (C=O) groups is 2. The summed E-state index contributed by atoms with van der Waals surface area (Å²) in [6, 6.07) is 10.0. The second kappa shape index (κ2) is 13.9. The van der Waals surface area contributed by atoms with Crippen LogP contribution < -0.4 is 9.62 Å². The lowest BCUT2D eigenvalue weighted by Gasteiger charge is -2.32. The van der Waals surface area contributed by atoms with Crippen molar-refractivity contribution in [3.05, 3.63) is 63.1 Å². The highest BCUT2D eigenvalue weighted by atomic mass is 35.5. The van der Waals surface area contributed by atoms with Gasteiger partial charge in [-0.3, -0.25) is 13.9 Å². The number of aryl methyl sites for hydroxylation is 1. The van der Waals surface area contributed by atoms with E-state index in [4.69, 9.17) is 23.2 Å². The summed E-state index contributed by atoms with van der Waals surface area (Å²) < 4.78 is 26.7. The maximum Gasteiger partial charge on any atom is 0.242 e. The van der Waals surface area contributed by atoms with Crippen molar-refractivity contribution in [2.75, 3.05) is 17.1 Å². The molecule has 0 bridgehead atoms. The fourth-order valence-electron chi connectivity index (χ4n) is 4.99. The Kier molecular flexibility index (Phi) is 11.1. The smallest absolute Gasteiger partial charge is 0.242 e. The number of nitrogens with one attached hydrogen (secondary N) is 1. The van der Waals surface area contributed by atoms with Gasteiger partial charge in [0.05, 0.1) is 11.9 Å². The van der Waals surface area contributed by atoms with Crippen molar-refractivity contribution in [3.63, 3.8) is 0 Å². The lowest BCUT2D eigenvalue weighted by molar-refractivity contribution is -0.141. The van der Waals surface area contributed by atoms with Crippen LogP contribution in [0.5, 0.6) is 0 Å². The highest BCUT2D eigenvalue weighted by Crippen LogP contribution is 2.28. The van der Waals surface area contributed by atoms with Gasteiger partial charge in [0, 0.05) is 41.2 Å². The maximum absolute atomic E-state index is 13.6. The first-order chi connectivity index (χ1) is 18.4. The van der Waals surface area contributed by atoms with Crippen molar-refractivity contribution in [1.82, 2.24) is 10.2 Å². The van der Waals surface area contributed by atoms with Gasteiger partial charge in [0.25, 0.3) is 0 Å². The van der Waals surface area contributed by atoms with Gasteiger partial charge >= 0.3 is 0 Å². The van der Waals surface area contributed by atoms with Gasteiger partial charge in [-0.05, 0) is 69.4 Å². The number of halogens is 2. The van der Waals surface area contributed by atoms with Gasteiger partial charge in [-0.15, -0.1) is 0 Å². The number of hydrogen-bond donors (Lipinski definition) is 1. The molecule has 0 aliphatic heterocycles. The monoisotopic (exact) mass is 595 g/mol. The first-order valence-electron chi connectivity index (χ1n) is 13.5. The molecule has 0 spiro atoms. The SMILES string of the molecule is Cc1cccc(N(CCCC(=O)N(Cc2c(Cl)cccc2Cl)[C@@H](C)C(=O)NC2CCCCC2)S(C)(=O)=O)c1C. The first-order valence-corrected chi connectivity index (χ1v) is 16.1. The Morgan fingerprint density at radius 1 is 1.03 bits per heavy atom. The second-order valence-corrected chi connectivity index (χ2v) is 13.1. The molecule has 1 fully saturated rings. The minimum atomic E-state index is -3.57. The standard InChI is InChI=1S/C29H39Cl2N3O4S/c1-20-11-8-16-27(21(20)2)34(39(4,37)38)18-10-17-28(35)33(19-24-25(30)14-9-15-26(24)31)22(3)29(36)32-23-12-6-5-7-13-23/h8-9,11,14-16,22-23H,5-7,10,12-13,17-19H2,1-4H3,(H,32,36)/t22-/m0/s1. The number of hydrogen-bond acceptors (Lipinski definition) is 4. The maximum atomic E-state index is 13.6. The number of sulfonamides is 1. The second-order valence-electron chi connectivity index (χ2n) is 10.4. The molecular formula is C29H39Cl2N3O4S. The van der Waals surface area contributed by atoms with Crippen molar-refractivity contribution >= 4 is 50.7 Å². The van der Waals surface area contributed by atoms with Crippen LogP contribution in [0.25, 0.3) is 0 Å². The molecule has 2 aromatic rings. The predicted octanol–water partition coefficient (Wildman–Crippen LogP) is 6.02. The van der Waals surface area contributed by atoms with Crippen LogP contribution in [-0.4, -0.2) is 50.0 Å². The Morgan fingerprint density at radius 2 is 1.64 bits per heavy atom. The molecule has 1 aliphatic carbocycles. The number of carbonyl (C=O) groups excluding carboxylic acids is 2. The molecule has 0 unspecified atom stereocenters. The third-order valence-corrected chi connectivity index (χ3v) is 9.39.